The van der Waals surface area contributed by atoms with Crippen molar-refractivity contribution in [1.29, 1.82) is 0 Å². The van der Waals surface area contributed by atoms with Crippen molar-refractivity contribution in [2.24, 2.45) is 0 Å². The number of thiophene rings is 1. The van der Waals surface area contributed by atoms with Gasteiger partial charge >= 0.3 is 0 Å². The Morgan fingerprint density at radius 1 is 0.871 bits per heavy atom. The van der Waals surface area contributed by atoms with Gasteiger partial charge in [-0.2, -0.15) is 16.4 Å². The molecule has 0 saturated carbocycles. The molecule has 31 heavy (non-hydrogen) atoms. The van der Waals surface area contributed by atoms with Crippen molar-refractivity contribution in [2.75, 3.05) is 0 Å². The third-order valence-corrected chi connectivity index (χ3v) is 6.38. The molecule has 5 nitrogen and oxygen atoms in total. The largest absolute Gasteiger partial charge is 0.353 e. The highest BCUT2D eigenvalue weighted by molar-refractivity contribution is 7.08. The molecule has 150 valence electrons. The topological polar surface area (TPSA) is 70.2 Å². The first kappa shape index (κ1) is 18.0. The summed E-state index contributed by atoms with van der Waals surface area (Å²) < 4.78 is 0. The second-order valence-electron chi connectivity index (χ2n) is 7.58. The lowest BCUT2D eigenvalue weighted by molar-refractivity contribution is 1.10. The van der Waals surface area contributed by atoms with E-state index in [1.807, 2.05) is 24.7 Å². The van der Waals surface area contributed by atoms with E-state index in [0.717, 1.165) is 62.0 Å². The molecule has 5 heterocycles. The average Bonchev–Trinajstić information content (AvgIpc) is 3.57. The lowest BCUT2D eigenvalue weighted by Crippen LogP contribution is -1.86. The third-order valence-electron chi connectivity index (χ3n) is 5.70. The molecule has 1 aromatic carbocycles. The highest BCUT2D eigenvalue weighted by Gasteiger charge is 2.15. The van der Waals surface area contributed by atoms with Crippen molar-refractivity contribution < 1.29 is 0 Å². The van der Waals surface area contributed by atoms with Gasteiger partial charge in [0.1, 0.15) is 5.69 Å². The number of pyridine rings is 2. The minimum absolute atomic E-state index is 0.906. The monoisotopic (exact) mass is 421 g/mol. The number of nitrogens with zero attached hydrogens (tertiary/aromatic N) is 3. The number of nitrogens with one attached hydrogen (secondary N) is 2. The summed E-state index contributed by atoms with van der Waals surface area (Å²) in [6, 6.07) is 14.9. The highest BCUT2D eigenvalue weighted by Crippen LogP contribution is 2.34. The van der Waals surface area contributed by atoms with Crippen molar-refractivity contribution in [3.05, 3.63) is 77.4 Å². The maximum absolute atomic E-state index is 4.63. The zero-order chi connectivity index (χ0) is 20.8. The molecule has 6 heteroatoms. The number of fused-ring (bicyclic) bond motifs is 2. The Hall–Kier alpha value is -3.77. The molecule has 0 amide bonds. The second kappa shape index (κ2) is 7.18. The number of benzene rings is 1. The zero-order valence-electron chi connectivity index (χ0n) is 16.9. The van der Waals surface area contributed by atoms with Gasteiger partial charge in [0.15, 0.2) is 0 Å². The number of H-pyrrole nitrogens is 2. The minimum atomic E-state index is 0.906. The third kappa shape index (κ3) is 3.04. The van der Waals surface area contributed by atoms with Crippen molar-refractivity contribution in [3.63, 3.8) is 0 Å². The van der Waals surface area contributed by atoms with Gasteiger partial charge in [-0.05, 0) is 59.3 Å². The van der Waals surface area contributed by atoms with Crippen LogP contribution in [0.15, 0.2) is 71.8 Å². The van der Waals surface area contributed by atoms with E-state index in [-0.39, 0.29) is 0 Å². The van der Waals surface area contributed by atoms with E-state index < -0.39 is 0 Å². The van der Waals surface area contributed by atoms with E-state index in [0.29, 0.717) is 0 Å². The fraction of sp³-hybridized carbons (Fsp3) is 0.0800. The van der Waals surface area contributed by atoms with Crippen LogP contribution in [0.1, 0.15) is 12.5 Å². The van der Waals surface area contributed by atoms with Crippen LogP contribution in [0.25, 0.3) is 55.6 Å². The summed E-state index contributed by atoms with van der Waals surface area (Å²) in [4.78, 5) is 12.6. The Morgan fingerprint density at radius 3 is 2.68 bits per heavy atom. The maximum Gasteiger partial charge on any atom is 0.116 e. The molecule has 0 fully saturated rings. The molecule has 0 saturated heterocycles. The van der Waals surface area contributed by atoms with E-state index in [2.05, 4.69) is 79.2 Å². The molecular weight excluding hydrogens is 402 g/mol. The van der Waals surface area contributed by atoms with Crippen molar-refractivity contribution in [3.8, 4) is 33.8 Å². The average molecular weight is 422 g/mol. The zero-order valence-corrected chi connectivity index (χ0v) is 17.7. The molecule has 5 aromatic heterocycles. The van der Waals surface area contributed by atoms with Crippen molar-refractivity contribution >= 4 is 33.1 Å². The van der Waals surface area contributed by atoms with Gasteiger partial charge in [-0.3, -0.25) is 15.1 Å². The fourth-order valence-electron chi connectivity index (χ4n) is 4.05. The van der Waals surface area contributed by atoms with Crippen LogP contribution in [-0.4, -0.2) is 25.1 Å². The number of rotatable bonds is 4. The smallest absolute Gasteiger partial charge is 0.116 e. The molecule has 0 aliphatic rings. The Bertz CT molecular complexity index is 1520. The summed E-state index contributed by atoms with van der Waals surface area (Å²) in [6.07, 6.45) is 6.66. The summed E-state index contributed by atoms with van der Waals surface area (Å²) in [7, 11) is 0. The molecule has 0 unspecified atom stereocenters. The van der Waals surface area contributed by atoms with Crippen LogP contribution >= 0.6 is 11.3 Å². The molecule has 0 radical (unpaired) electrons. The Kier molecular flexibility index (Phi) is 4.18. The number of hydrogen-bond donors (Lipinski definition) is 2. The van der Waals surface area contributed by atoms with E-state index in [1.165, 1.54) is 5.56 Å². The summed E-state index contributed by atoms with van der Waals surface area (Å²) in [5.41, 5.74) is 9.56. The Balaban J connectivity index is 1.50. The van der Waals surface area contributed by atoms with Gasteiger partial charge in [0.2, 0.25) is 0 Å². The molecule has 0 atom stereocenters. The first-order chi connectivity index (χ1) is 15.3. The van der Waals surface area contributed by atoms with Crippen LogP contribution < -0.4 is 0 Å². The first-order valence-electron chi connectivity index (χ1n) is 10.2. The van der Waals surface area contributed by atoms with E-state index in [4.69, 9.17) is 0 Å². The number of aryl methyl sites for hydroxylation is 1. The quantitative estimate of drug-likeness (QED) is 0.343. The number of hydrogen-bond acceptors (Lipinski definition) is 4. The highest BCUT2D eigenvalue weighted by atomic mass is 32.1. The normalized spacial score (nSPS) is 11.5. The minimum Gasteiger partial charge on any atom is -0.353 e. The fourth-order valence-corrected chi connectivity index (χ4v) is 4.69. The van der Waals surface area contributed by atoms with Crippen LogP contribution in [0.3, 0.4) is 0 Å². The molecule has 0 aliphatic carbocycles. The molecule has 0 bridgehead atoms. The molecule has 2 N–H and O–H groups in total. The van der Waals surface area contributed by atoms with E-state index in [9.17, 15) is 0 Å². The predicted octanol–water partition coefficient (Wildman–Crippen LogP) is 6.46. The summed E-state index contributed by atoms with van der Waals surface area (Å²) in [5, 5.41) is 14.2. The van der Waals surface area contributed by atoms with Crippen LogP contribution in [0, 0.1) is 0 Å². The van der Waals surface area contributed by atoms with E-state index >= 15 is 0 Å². The lowest BCUT2D eigenvalue weighted by Gasteiger charge is -2.04. The van der Waals surface area contributed by atoms with Gasteiger partial charge in [-0.1, -0.05) is 13.0 Å². The first-order valence-corrected chi connectivity index (χ1v) is 11.2. The molecule has 0 aliphatic heterocycles. The standard InChI is InChI=1S/C25H19N5S/c1-2-15-9-18(13-26-12-15)16-3-4-22-19(10-16)25(30-29-22)23-11-20-21(28-23)5-7-27-24(20)17-6-8-31-14-17/h3-14,28H,2H2,1H3,(H,29,30). The second-order valence-corrected chi connectivity index (χ2v) is 8.36. The van der Waals surface area contributed by atoms with Gasteiger partial charge in [-0.15, -0.1) is 0 Å². The van der Waals surface area contributed by atoms with Crippen LogP contribution in [-0.2, 0) is 6.42 Å². The Labute approximate surface area is 182 Å². The van der Waals surface area contributed by atoms with Gasteiger partial charge < -0.3 is 4.98 Å². The number of aromatic amines is 2. The van der Waals surface area contributed by atoms with Crippen molar-refractivity contribution in [1.82, 2.24) is 25.1 Å². The summed E-state index contributed by atoms with van der Waals surface area (Å²) >= 11 is 1.68. The summed E-state index contributed by atoms with van der Waals surface area (Å²) in [6.45, 7) is 2.15. The van der Waals surface area contributed by atoms with Crippen LogP contribution in [0.5, 0.6) is 0 Å². The van der Waals surface area contributed by atoms with Gasteiger partial charge in [0, 0.05) is 51.4 Å². The molecule has 6 rings (SSSR count). The lowest BCUT2D eigenvalue weighted by atomic mass is 10.0. The molecule has 6 aromatic rings. The summed E-state index contributed by atoms with van der Waals surface area (Å²) in [5.74, 6) is 0. The van der Waals surface area contributed by atoms with E-state index in [1.54, 1.807) is 11.3 Å². The Morgan fingerprint density at radius 2 is 1.81 bits per heavy atom. The number of aromatic nitrogens is 5. The van der Waals surface area contributed by atoms with Crippen molar-refractivity contribution in [2.45, 2.75) is 13.3 Å². The molecular formula is C25H19N5S. The van der Waals surface area contributed by atoms with Crippen LogP contribution in [0.2, 0.25) is 0 Å². The SMILES string of the molecule is CCc1cncc(-c2ccc3[nH]nc(-c4cc5c(-c6ccsc6)nccc5[nH]4)c3c2)c1. The predicted molar refractivity (Wildman–Crippen MR) is 127 cm³/mol. The molecule has 0 spiro atoms. The van der Waals surface area contributed by atoms with Gasteiger partial charge in [0.25, 0.3) is 0 Å². The van der Waals surface area contributed by atoms with Gasteiger partial charge in [0.05, 0.1) is 16.9 Å². The van der Waals surface area contributed by atoms with Gasteiger partial charge in [-0.25, -0.2) is 0 Å². The maximum atomic E-state index is 4.63. The van der Waals surface area contributed by atoms with Crippen LogP contribution in [0.4, 0.5) is 0 Å².